The molecular formula is C25H31N3O3S. The van der Waals surface area contributed by atoms with E-state index in [0.29, 0.717) is 31.6 Å². The zero-order valence-electron chi connectivity index (χ0n) is 18.8. The lowest BCUT2D eigenvalue weighted by atomic mass is 9.81. The lowest BCUT2D eigenvalue weighted by molar-refractivity contribution is -0.127. The van der Waals surface area contributed by atoms with Crippen LogP contribution in [0.3, 0.4) is 0 Å². The minimum atomic E-state index is -0.463. The van der Waals surface area contributed by atoms with Crippen molar-refractivity contribution in [1.29, 1.82) is 0 Å². The fourth-order valence-corrected chi connectivity index (χ4v) is 5.65. The lowest BCUT2D eigenvalue weighted by Gasteiger charge is -2.42. The van der Waals surface area contributed by atoms with Crippen molar-refractivity contribution in [3.8, 4) is 0 Å². The number of carbonyl (C=O) groups is 3. The van der Waals surface area contributed by atoms with Gasteiger partial charge in [-0.15, -0.1) is 11.3 Å². The number of hydrogen-bond donors (Lipinski definition) is 1. The number of nitrogens with zero attached hydrogens (tertiary/aromatic N) is 2. The van der Waals surface area contributed by atoms with Crippen LogP contribution in [0.2, 0.25) is 0 Å². The molecule has 1 saturated heterocycles. The molecule has 2 atom stereocenters. The van der Waals surface area contributed by atoms with Crippen LogP contribution in [0, 0.1) is 5.92 Å². The maximum Gasteiger partial charge on any atom is 0.254 e. The van der Waals surface area contributed by atoms with E-state index >= 15 is 0 Å². The molecule has 0 radical (unpaired) electrons. The molecule has 3 amide bonds. The van der Waals surface area contributed by atoms with E-state index < -0.39 is 5.92 Å². The average Bonchev–Trinajstić information content (AvgIpc) is 3.44. The summed E-state index contributed by atoms with van der Waals surface area (Å²) >= 11 is 1.59. The molecule has 0 aliphatic carbocycles. The summed E-state index contributed by atoms with van der Waals surface area (Å²) in [5.74, 6) is -0.0459. The minimum absolute atomic E-state index is 0.00991. The maximum atomic E-state index is 13.5. The van der Waals surface area contributed by atoms with Crippen molar-refractivity contribution in [2.24, 2.45) is 5.92 Å². The van der Waals surface area contributed by atoms with E-state index in [2.05, 4.69) is 19.2 Å². The standard InChI is InChI=1S/C25H31N3O3S/c1-17(2)16-28-23(20-10-6-15-32-20)22(18-8-3-4-9-19(18)25(28)31)24(30)26-12-7-14-27-13-5-11-21(27)29/h3-4,6,8-10,15,17,22-23H,5,7,11-14,16H2,1-2H3,(H,26,30)/t22-,23-/m1/s1. The van der Waals surface area contributed by atoms with Gasteiger partial charge in [0.2, 0.25) is 11.8 Å². The van der Waals surface area contributed by atoms with Crippen LogP contribution in [0.5, 0.6) is 0 Å². The number of nitrogens with one attached hydrogen (secondary N) is 1. The van der Waals surface area contributed by atoms with Crippen molar-refractivity contribution in [3.05, 3.63) is 57.8 Å². The Kier molecular flexibility index (Phi) is 6.94. The molecule has 0 saturated carbocycles. The van der Waals surface area contributed by atoms with Gasteiger partial charge in [-0.25, -0.2) is 0 Å². The third-order valence-corrected chi connectivity index (χ3v) is 7.14. The summed E-state index contributed by atoms with van der Waals surface area (Å²) < 4.78 is 0. The fourth-order valence-electron chi connectivity index (χ4n) is 4.78. The summed E-state index contributed by atoms with van der Waals surface area (Å²) in [6.07, 6.45) is 2.28. The highest BCUT2D eigenvalue weighted by molar-refractivity contribution is 7.10. The summed E-state index contributed by atoms with van der Waals surface area (Å²) in [5, 5.41) is 5.10. The van der Waals surface area contributed by atoms with Crippen molar-refractivity contribution in [3.63, 3.8) is 0 Å². The summed E-state index contributed by atoms with van der Waals surface area (Å²) in [7, 11) is 0. The first-order chi connectivity index (χ1) is 15.5. The second-order valence-electron chi connectivity index (χ2n) is 9.01. The molecular weight excluding hydrogens is 422 g/mol. The van der Waals surface area contributed by atoms with Crippen molar-refractivity contribution in [1.82, 2.24) is 15.1 Å². The molecule has 4 rings (SSSR count). The Labute approximate surface area is 193 Å². The fraction of sp³-hybridized carbons (Fsp3) is 0.480. The third-order valence-electron chi connectivity index (χ3n) is 6.19. The minimum Gasteiger partial charge on any atom is -0.355 e. The summed E-state index contributed by atoms with van der Waals surface area (Å²) in [4.78, 5) is 43.6. The van der Waals surface area contributed by atoms with E-state index in [-0.39, 0.29) is 29.7 Å². The van der Waals surface area contributed by atoms with Crippen LogP contribution in [0.15, 0.2) is 41.8 Å². The van der Waals surface area contributed by atoms with Gasteiger partial charge in [0.05, 0.1) is 12.0 Å². The normalized spacial score (nSPS) is 20.7. The first-order valence-electron chi connectivity index (χ1n) is 11.5. The topological polar surface area (TPSA) is 69.7 Å². The second-order valence-corrected chi connectivity index (χ2v) is 9.98. The van der Waals surface area contributed by atoms with Gasteiger partial charge in [-0.05, 0) is 41.8 Å². The predicted octanol–water partition coefficient (Wildman–Crippen LogP) is 3.81. The summed E-state index contributed by atoms with van der Waals surface area (Å²) in [6.45, 7) is 6.78. The van der Waals surface area contributed by atoms with Gasteiger partial charge >= 0.3 is 0 Å². The van der Waals surface area contributed by atoms with Crippen LogP contribution < -0.4 is 5.32 Å². The Bertz CT molecular complexity index is 973. The van der Waals surface area contributed by atoms with Crippen molar-refractivity contribution in [2.45, 2.75) is 45.1 Å². The van der Waals surface area contributed by atoms with Gasteiger partial charge in [0, 0.05) is 43.0 Å². The zero-order chi connectivity index (χ0) is 22.7. The van der Waals surface area contributed by atoms with Gasteiger partial charge in [-0.2, -0.15) is 0 Å². The molecule has 2 aromatic rings. The number of fused-ring (bicyclic) bond motifs is 1. The molecule has 3 heterocycles. The Morgan fingerprint density at radius 1 is 1.19 bits per heavy atom. The molecule has 1 N–H and O–H groups in total. The van der Waals surface area contributed by atoms with Gasteiger partial charge < -0.3 is 15.1 Å². The molecule has 1 fully saturated rings. The molecule has 1 aromatic heterocycles. The SMILES string of the molecule is CC(C)CN1C(=O)c2ccccc2[C@@H](C(=O)NCCCN2CCCC2=O)[C@H]1c1cccs1. The van der Waals surface area contributed by atoms with Gasteiger partial charge in [-0.1, -0.05) is 38.1 Å². The van der Waals surface area contributed by atoms with E-state index in [1.807, 2.05) is 51.6 Å². The third kappa shape index (κ3) is 4.58. The van der Waals surface area contributed by atoms with Gasteiger partial charge in [-0.3, -0.25) is 14.4 Å². The number of likely N-dealkylation sites (tertiary alicyclic amines) is 1. The average molecular weight is 454 g/mol. The number of amides is 3. The van der Waals surface area contributed by atoms with E-state index in [4.69, 9.17) is 0 Å². The molecule has 6 nitrogen and oxygen atoms in total. The summed E-state index contributed by atoms with van der Waals surface area (Å²) in [5.41, 5.74) is 1.41. The van der Waals surface area contributed by atoms with Crippen LogP contribution in [0.1, 0.15) is 65.9 Å². The Morgan fingerprint density at radius 3 is 2.69 bits per heavy atom. The Morgan fingerprint density at radius 2 is 2.00 bits per heavy atom. The summed E-state index contributed by atoms with van der Waals surface area (Å²) in [6, 6.07) is 11.2. The van der Waals surface area contributed by atoms with Crippen LogP contribution in [0.25, 0.3) is 0 Å². The quantitative estimate of drug-likeness (QED) is 0.618. The molecule has 0 unspecified atom stereocenters. The van der Waals surface area contributed by atoms with Crippen molar-refractivity contribution >= 4 is 29.1 Å². The van der Waals surface area contributed by atoms with Crippen molar-refractivity contribution < 1.29 is 14.4 Å². The van der Waals surface area contributed by atoms with Gasteiger partial charge in [0.1, 0.15) is 0 Å². The number of thiophene rings is 1. The van der Waals surface area contributed by atoms with Crippen LogP contribution in [0.4, 0.5) is 0 Å². The largest absolute Gasteiger partial charge is 0.355 e. The molecule has 32 heavy (non-hydrogen) atoms. The number of carbonyl (C=O) groups excluding carboxylic acids is 3. The first-order valence-corrected chi connectivity index (χ1v) is 12.3. The predicted molar refractivity (Wildman–Crippen MR) is 126 cm³/mol. The molecule has 2 aliphatic heterocycles. The number of benzene rings is 1. The van der Waals surface area contributed by atoms with E-state index in [1.165, 1.54) is 0 Å². The smallest absolute Gasteiger partial charge is 0.254 e. The maximum absolute atomic E-state index is 13.5. The zero-order valence-corrected chi connectivity index (χ0v) is 19.6. The highest BCUT2D eigenvalue weighted by Crippen LogP contribution is 2.44. The number of rotatable bonds is 8. The van der Waals surface area contributed by atoms with Crippen LogP contribution in [-0.4, -0.2) is 53.7 Å². The Hall–Kier alpha value is -2.67. The highest BCUT2D eigenvalue weighted by Gasteiger charge is 2.44. The number of hydrogen-bond acceptors (Lipinski definition) is 4. The lowest BCUT2D eigenvalue weighted by Crippen LogP contribution is -2.48. The van der Waals surface area contributed by atoms with E-state index in [9.17, 15) is 14.4 Å². The van der Waals surface area contributed by atoms with Crippen LogP contribution in [-0.2, 0) is 9.59 Å². The molecule has 1 aromatic carbocycles. The molecule has 0 spiro atoms. The van der Waals surface area contributed by atoms with E-state index in [1.54, 1.807) is 11.3 Å². The Balaban J connectivity index is 1.57. The molecule has 0 bridgehead atoms. The second kappa shape index (κ2) is 9.86. The molecule has 2 aliphatic rings. The molecule has 7 heteroatoms. The van der Waals surface area contributed by atoms with Gasteiger partial charge in [0.25, 0.3) is 5.91 Å². The van der Waals surface area contributed by atoms with Crippen molar-refractivity contribution in [2.75, 3.05) is 26.2 Å². The van der Waals surface area contributed by atoms with Crippen LogP contribution >= 0.6 is 11.3 Å². The first kappa shape index (κ1) is 22.5. The monoisotopic (exact) mass is 453 g/mol. The molecule has 170 valence electrons. The van der Waals surface area contributed by atoms with E-state index in [0.717, 1.165) is 29.8 Å². The van der Waals surface area contributed by atoms with Gasteiger partial charge in [0.15, 0.2) is 0 Å². The highest BCUT2D eigenvalue weighted by atomic mass is 32.1.